The Morgan fingerprint density at radius 1 is 0.774 bits per heavy atom. The summed E-state index contributed by atoms with van der Waals surface area (Å²) in [6, 6.07) is 0. The third-order valence-electron chi connectivity index (χ3n) is 6.05. The standard InChI is InChI=1S/C23H48NO6P/c1-3-4-5-6-7-8-9-10-11-12-13-14-18-27-22-23-30-31(25,26)29-21-17-24(2)15-19-28-20-16-24/h3-23H2,1-2H3. The summed E-state index contributed by atoms with van der Waals surface area (Å²) in [5, 5.41) is 0. The molecule has 1 aliphatic heterocycles. The number of ether oxygens (including phenoxy) is 2. The van der Waals surface area contributed by atoms with E-state index in [9.17, 15) is 9.46 Å². The summed E-state index contributed by atoms with van der Waals surface area (Å²) < 4.78 is 33.3. The summed E-state index contributed by atoms with van der Waals surface area (Å²) in [5.41, 5.74) is 0. The molecule has 0 radical (unpaired) electrons. The van der Waals surface area contributed by atoms with Crippen molar-refractivity contribution < 1.29 is 32.5 Å². The monoisotopic (exact) mass is 465 g/mol. The van der Waals surface area contributed by atoms with Gasteiger partial charge < -0.3 is 27.9 Å². The highest BCUT2D eigenvalue weighted by Crippen LogP contribution is 2.37. The summed E-state index contributed by atoms with van der Waals surface area (Å²) in [6.45, 7) is 7.14. The van der Waals surface area contributed by atoms with E-state index in [0.29, 0.717) is 26.4 Å². The number of phosphoric ester groups is 1. The topological polar surface area (TPSA) is 77.1 Å². The summed E-state index contributed by atoms with van der Waals surface area (Å²) >= 11 is 0. The second kappa shape index (κ2) is 18.4. The molecule has 1 rings (SSSR count). The Labute approximate surface area is 191 Å². The van der Waals surface area contributed by atoms with Crippen LogP contribution in [-0.4, -0.2) is 70.8 Å². The molecule has 0 spiro atoms. The molecule has 0 aromatic heterocycles. The Balaban J connectivity index is 1.84. The summed E-state index contributed by atoms with van der Waals surface area (Å²) in [5.74, 6) is 0. The molecule has 1 heterocycles. The van der Waals surface area contributed by atoms with E-state index in [1.54, 1.807) is 0 Å². The lowest BCUT2D eigenvalue weighted by Crippen LogP contribution is -2.53. The third-order valence-corrected chi connectivity index (χ3v) is 7.05. The largest absolute Gasteiger partial charge is 0.756 e. The van der Waals surface area contributed by atoms with Gasteiger partial charge in [-0.15, -0.1) is 0 Å². The van der Waals surface area contributed by atoms with Crippen LogP contribution in [0, 0.1) is 0 Å². The van der Waals surface area contributed by atoms with Gasteiger partial charge in [-0.2, -0.15) is 0 Å². The zero-order chi connectivity index (χ0) is 22.7. The fourth-order valence-corrected chi connectivity index (χ4v) is 4.45. The molecule has 31 heavy (non-hydrogen) atoms. The van der Waals surface area contributed by atoms with Crippen LogP contribution in [0.15, 0.2) is 0 Å². The Morgan fingerprint density at radius 2 is 1.29 bits per heavy atom. The first-order chi connectivity index (χ1) is 15.0. The van der Waals surface area contributed by atoms with Gasteiger partial charge in [0.15, 0.2) is 0 Å². The maximum absolute atomic E-state index is 11.8. The maximum Gasteiger partial charge on any atom is 0.268 e. The highest BCUT2D eigenvalue weighted by molar-refractivity contribution is 7.45. The van der Waals surface area contributed by atoms with Crippen LogP contribution in [0.5, 0.6) is 0 Å². The second-order valence-electron chi connectivity index (χ2n) is 9.02. The Kier molecular flexibility index (Phi) is 17.2. The minimum atomic E-state index is -4.25. The van der Waals surface area contributed by atoms with Crippen molar-refractivity contribution in [2.75, 3.05) is 66.3 Å². The van der Waals surface area contributed by atoms with Gasteiger partial charge in [0.2, 0.25) is 0 Å². The molecule has 0 aromatic carbocycles. The third kappa shape index (κ3) is 17.2. The number of phosphoric acid groups is 1. The molecule has 1 fully saturated rings. The number of hydrogen-bond donors (Lipinski definition) is 0. The van der Waals surface area contributed by atoms with E-state index in [4.69, 9.17) is 18.5 Å². The predicted octanol–water partition coefficient (Wildman–Crippen LogP) is 4.68. The van der Waals surface area contributed by atoms with Crippen LogP contribution in [0.3, 0.4) is 0 Å². The minimum absolute atomic E-state index is 0.0129. The van der Waals surface area contributed by atoms with Crippen molar-refractivity contribution in [2.45, 2.75) is 84.0 Å². The van der Waals surface area contributed by atoms with E-state index in [1.807, 2.05) is 0 Å². The van der Waals surface area contributed by atoms with Crippen molar-refractivity contribution in [1.82, 2.24) is 0 Å². The van der Waals surface area contributed by atoms with Crippen molar-refractivity contribution in [3.63, 3.8) is 0 Å². The van der Waals surface area contributed by atoms with Crippen molar-refractivity contribution >= 4 is 7.82 Å². The van der Waals surface area contributed by atoms with Gasteiger partial charge in [0, 0.05) is 6.61 Å². The fourth-order valence-electron chi connectivity index (χ4n) is 3.77. The smallest absolute Gasteiger partial charge is 0.268 e. The van der Waals surface area contributed by atoms with Crippen LogP contribution in [0.1, 0.15) is 84.0 Å². The van der Waals surface area contributed by atoms with Gasteiger partial charge in [0.25, 0.3) is 7.82 Å². The molecule has 8 heteroatoms. The first kappa shape index (κ1) is 29.0. The van der Waals surface area contributed by atoms with Gasteiger partial charge >= 0.3 is 0 Å². The van der Waals surface area contributed by atoms with E-state index in [1.165, 1.54) is 70.6 Å². The van der Waals surface area contributed by atoms with Gasteiger partial charge in [-0.3, -0.25) is 4.57 Å². The molecule has 1 atom stereocenters. The number of unbranched alkanes of at least 4 members (excludes halogenated alkanes) is 11. The molecular formula is C23H48NO6P. The average molecular weight is 466 g/mol. The SMILES string of the molecule is CCCCCCCCCCCCCCOCCOP(=O)([O-])OCC[N+]1(C)CCOCC1. The van der Waals surface area contributed by atoms with E-state index in [-0.39, 0.29) is 19.8 Å². The van der Waals surface area contributed by atoms with Gasteiger partial charge in [0.1, 0.15) is 26.2 Å². The van der Waals surface area contributed by atoms with Crippen LogP contribution in [0.4, 0.5) is 0 Å². The Hall–Kier alpha value is -0.0100. The first-order valence-electron chi connectivity index (χ1n) is 12.6. The second-order valence-corrected chi connectivity index (χ2v) is 10.4. The normalized spacial score (nSPS) is 18.2. The Morgan fingerprint density at radius 3 is 1.87 bits per heavy atom. The molecule has 1 saturated heterocycles. The lowest BCUT2D eigenvalue weighted by molar-refractivity contribution is -0.916. The van der Waals surface area contributed by atoms with Gasteiger partial charge in [0.05, 0.1) is 33.5 Å². The van der Waals surface area contributed by atoms with Crippen LogP contribution < -0.4 is 4.89 Å². The molecule has 0 aromatic rings. The van der Waals surface area contributed by atoms with E-state index >= 15 is 0 Å². The number of rotatable bonds is 21. The molecule has 0 amide bonds. The number of morpholine rings is 1. The molecule has 186 valence electrons. The summed E-state index contributed by atoms with van der Waals surface area (Å²) in [6.07, 6.45) is 15.7. The number of likely N-dealkylation sites (N-methyl/N-ethyl adjacent to an activating group) is 1. The zero-order valence-corrected chi connectivity index (χ0v) is 21.1. The summed E-state index contributed by atoms with van der Waals surface area (Å²) in [7, 11) is -2.16. The van der Waals surface area contributed by atoms with Crippen molar-refractivity contribution in [2.24, 2.45) is 0 Å². The average Bonchev–Trinajstić information content (AvgIpc) is 2.73. The van der Waals surface area contributed by atoms with Gasteiger partial charge in [-0.25, -0.2) is 0 Å². The van der Waals surface area contributed by atoms with Crippen molar-refractivity contribution in [3.05, 3.63) is 0 Å². The van der Waals surface area contributed by atoms with Crippen molar-refractivity contribution in [1.29, 1.82) is 0 Å². The van der Waals surface area contributed by atoms with Crippen molar-refractivity contribution in [3.8, 4) is 0 Å². The first-order valence-corrected chi connectivity index (χ1v) is 14.0. The molecular weight excluding hydrogens is 417 g/mol. The number of nitrogens with zero attached hydrogens (tertiary/aromatic N) is 1. The molecule has 0 bridgehead atoms. The quantitative estimate of drug-likeness (QED) is 0.139. The number of quaternary nitrogens is 1. The van der Waals surface area contributed by atoms with Crippen LogP contribution in [0.2, 0.25) is 0 Å². The zero-order valence-electron chi connectivity index (χ0n) is 20.2. The molecule has 0 saturated carbocycles. The molecule has 1 aliphatic rings. The minimum Gasteiger partial charge on any atom is -0.756 e. The fraction of sp³-hybridized carbons (Fsp3) is 1.00. The highest BCUT2D eigenvalue weighted by Gasteiger charge is 2.25. The lowest BCUT2D eigenvalue weighted by atomic mass is 10.1. The van der Waals surface area contributed by atoms with Crippen LogP contribution in [0.25, 0.3) is 0 Å². The highest BCUT2D eigenvalue weighted by atomic mass is 31.2. The van der Waals surface area contributed by atoms with Crippen LogP contribution in [-0.2, 0) is 23.1 Å². The molecule has 7 nitrogen and oxygen atoms in total. The molecule has 1 unspecified atom stereocenters. The summed E-state index contributed by atoms with van der Waals surface area (Å²) in [4.78, 5) is 11.8. The maximum atomic E-state index is 11.8. The van der Waals surface area contributed by atoms with E-state index < -0.39 is 7.82 Å². The number of hydrogen-bond acceptors (Lipinski definition) is 6. The lowest BCUT2D eigenvalue weighted by Gasteiger charge is -2.37. The molecule has 0 N–H and O–H groups in total. The van der Waals surface area contributed by atoms with E-state index in [0.717, 1.165) is 24.0 Å². The predicted molar refractivity (Wildman–Crippen MR) is 123 cm³/mol. The van der Waals surface area contributed by atoms with Crippen LogP contribution >= 0.6 is 7.82 Å². The Bertz CT molecular complexity index is 459. The van der Waals surface area contributed by atoms with Gasteiger partial charge in [-0.05, 0) is 6.42 Å². The van der Waals surface area contributed by atoms with Gasteiger partial charge in [-0.1, -0.05) is 77.6 Å². The molecule has 0 aliphatic carbocycles. The van der Waals surface area contributed by atoms with E-state index in [2.05, 4.69) is 14.0 Å².